The van der Waals surface area contributed by atoms with Crippen molar-refractivity contribution >= 4 is 11.8 Å². The fourth-order valence-corrected chi connectivity index (χ4v) is 4.97. The number of aliphatic hydroxyl groups excluding tert-OH is 1. The van der Waals surface area contributed by atoms with Gasteiger partial charge >= 0.3 is 5.97 Å². The van der Waals surface area contributed by atoms with E-state index in [1.807, 2.05) is 43.3 Å². The fourth-order valence-electron chi connectivity index (χ4n) is 4.97. The van der Waals surface area contributed by atoms with Crippen molar-refractivity contribution in [2.75, 3.05) is 13.1 Å². The lowest BCUT2D eigenvalue weighted by molar-refractivity contribution is -0.143. The van der Waals surface area contributed by atoms with Crippen molar-refractivity contribution in [1.29, 1.82) is 0 Å². The average Bonchev–Trinajstić information content (AvgIpc) is 3.00. The molecule has 0 amide bonds. The number of fused-ring (bicyclic) bond motifs is 3. The molecule has 2 fully saturated rings. The zero-order valence-corrected chi connectivity index (χ0v) is 16.4. The highest BCUT2D eigenvalue weighted by Crippen LogP contribution is 2.52. The van der Waals surface area contributed by atoms with Gasteiger partial charge in [0.2, 0.25) is 0 Å². The number of rotatable bonds is 5. The minimum Gasteiger partial charge on any atom is -0.457 e. The minimum atomic E-state index is -0.616. The number of carbonyl (C=O) groups excluding carboxylic acids is 2. The second kappa shape index (κ2) is 7.30. The molecule has 5 heteroatoms. The largest absolute Gasteiger partial charge is 0.457 e. The van der Waals surface area contributed by atoms with Crippen molar-refractivity contribution in [2.45, 2.75) is 38.9 Å². The average molecular weight is 381 g/mol. The van der Waals surface area contributed by atoms with Gasteiger partial charge in [0.15, 0.2) is 5.78 Å². The smallest absolute Gasteiger partial charge is 0.311 e. The van der Waals surface area contributed by atoms with Crippen LogP contribution in [0.1, 0.15) is 38.4 Å². The van der Waals surface area contributed by atoms with Crippen LogP contribution in [-0.4, -0.2) is 36.1 Å². The summed E-state index contributed by atoms with van der Waals surface area (Å²) >= 11 is 0. The van der Waals surface area contributed by atoms with Gasteiger partial charge in [-0.1, -0.05) is 43.3 Å². The van der Waals surface area contributed by atoms with Crippen LogP contribution in [0.3, 0.4) is 0 Å². The van der Waals surface area contributed by atoms with Crippen molar-refractivity contribution in [3.63, 3.8) is 0 Å². The van der Waals surface area contributed by atoms with E-state index in [9.17, 15) is 14.7 Å². The highest BCUT2D eigenvalue weighted by atomic mass is 16.6. The number of esters is 1. The molecule has 28 heavy (non-hydrogen) atoms. The van der Waals surface area contributed by atoms with Gasteiger partial charge in [-0.2, -0.15) is 0 Å². The molecule has 5 atom stereocenters. The highest BCUT2D eigenvalue weighted by molar-refractivity contribution is 6.05. The maximum absolute atomic E-state index is 12.6. The Labute approximate surface area is 165 Å². The number of hydrogen-bond acceptors (Lipinski definition) is 5. The molecule has 3 aliphatic rings. The summed E-state index contributed by atoms with van der Waals surface area (Å²) < 4.78 is 5.79. The molecule has 2 N–H and O–H groups in total. The Bertz CT molecular complexity index is 843. The standard InChI is InChI=1S/C23H27NO4/c1-14-18(25)9-11-23(2)10-8-16-17(22(27)28-21(16)20(14)23)12-24-13-19(26)15-6-4-3-5-7-15/h3-7,9,11,16-17,19,21,24,26H,8,10,12-13H2,1-2H3/t16-,17?,19?,21-,23-/m0/s1. The van der Waals surface area contributed by atoms with Gasteiger partial charge in [-0.25, -0.2) is 0 Å². The summed E-state index contributed by atoms with van der Waals surface area (Å²) in [5.74, 6) is -0.370. The third kappa shape index (κ3) is 3.23. The van der Waals surface area contributed by atoms with E-state index < -0.39 is 6.10 Å². The van der Waals surface area contributed by atoms with Crippen molar-refractivity contribution in [1.82, 2.24) is 5.32 Å². The minimum absolute atomic E-state index is 0.0109. The molecule has 1 heterocycles. The maximum Gasteiger partial charge on any atom is 0.311 e. The summed E-state index contributed by atoms with van der Waals surface area (Å²) in [7, 11) is 0. The fraction of sp³-hybridized carbons (Fsp3) is 0.478. The van der Waals surface area contributed by atoms with E-state index in [1.54, 1.807) is 6.08 Å². The molecular weight excluding hydrogens is 354 g/mol. The Morgan fingerprint density at radius 3 is 2.79 bits per heavy atom. The van der Waals surface area contributed by atoms with E-state index in [0.717, 1.165) is 29.6 Å². The van der Waals surface area contributed by atoms with Gasteiger partial charge in [0.05, 0.1) is 12.0 Å². The van der Waals surface area contributed by atoms with Crippen LogP contribution in [0.25, 0.3) is 0 Å². The zero-order chi connectivity index (χ0) is 19.9. The Balaban J connectivity index is 1.44. The number of carbonyl (C=O) groups is 2. The van der Waals surface area contributed by atoms with Gasteiger partial charge in [-0.05, 0) is 37.0 Å². The van der Waals surface area contributed by atoms with E-state index in [0.29, 0.717) is 13.1 Å². The van der Waals surface area contributed by atoms with E-state index in [-0.39, 0.29) is 35.1 Å². The third-order valence-corrected chi connectivity index (χ3v) is 6.61. The number of ketones is 1. The topological polar surface area (TPSA) is 75.6 Å². The van der Waals surface area contributed by atoms with Gasteiger partial charge in [0, 0.05) is 30.0 Å². The Morgan fingerprint density at radius 2 is 2.04 bits per heavy atom. The van der Waals surface area contributed by atoms with E-state index >= 15 is 0 Å². The Kier molecular flexibility index (Phi) is 4.98. The molecule has 2 unspecified atom stereocenters. The Morgan fingerprint density at radius 1 is 1.29 bits per heavy atom. The number of aliphatic hydroxyl groups is 1. The molecule has 2 aliphatic carbocycles. The van der Waals surface area contributed by atoms with E-state index in [2.05, 4.69) is 12.2 Å². The summed E-state index contributed by atoms with van der Waals surface area (Å²) in [6, 6.07) is 9.48. The molecule has 148 valence electrons. The number of benzene rings is 1. The normalized spacial score (nSPS) is 32.8. The molecule has 1 saturated carbocycles. The third-order valence-electron chi connectivity index (χ3n) is 6.61. The van der Waals surface area contributed by atoms with E-state index in [4.69, 9.17) is 4.74 Å². The quantitative estimate of drug-likeness (QED) is 0.767. The van der Waals surface area contributed by atoms with Crippen LogP contribution in [0.5, 0.6) is 0 Å². The molecule has 1 saturated heterocycles. The van der Waals surface area contributed by atoms with Crippen molar-refractivity contribution in [2.24, 2.45) is 17.3 Å². The van der Waals surface area contributed by atoms with Gasteiger partial charge in [0.1, 0.15) is 6.10 Å². The lowest BCUT2D eigenvalue weighted by atomic mass is 9.61. The molecule has 5 nitrogen and oxygen atoms in total. The van der Waals surface area contributed by atoms with Crippen LogP contribution in [0.2, 0.25) is 0 Å². The summed E-state index contributed by atoms with van der Waals surface area (Å²) in [4.78, 5) is 24.8. The molecule has 1 aromatic carbocycles. The molecular formula is C23H27NO4. The number of nitrogens with one attached hydrogen (secondary N) is 1. The molecule has 1 aliphatic heterocycles. The van der Waals surface area contributed by atoms with Crippen LogP contribution in [0.15, 0.2) is 53.6 Å². The number of hydrogen-bond donors (Lipinski definition) is 2. The summed E-state index contributed by atoms with van der Waals surface area (Å²) in [5.41, 5.74) is 2.35. The second-order valence-electron chi connectivity index (χ2n) is 8.40. The van der Waals surface area contributed by atoms with Crippen LogP contribution >= 0.6 is 0 Å². The van der Waals surface area contributed by atoms with Crippen LogP contribution in [-0.2, 0) is 14.3 Å². The first kappa shape index (κ1) is 19.1. The van der Waals surface area contributed by atoms with Crippen molar-refractivity contribution < 1.29 is 19.4 Å². The monoisotopic (exact) mass is 381 g/mol. The molecule has 0 spiro atoms. The lowest BCUT2D eigenvalue weighted by Crippen LogP contribution is -2.41. The molecule has 0 radical (unpaired) electrons. The van der Waals surface area contributed by atoms with E-state index in [1.165, 1.54) is 0 Å². The lowest BCUT2D eigenvalue weighted by Gasteiger charge is -2.43. The van der Waals surface area contributed by atoms with Gasteiger partial charge in [0.25, 0.3) is 0 Å². The first-order valence-corrected chi connectivity index (χ1v) is 10.00. The van der Waals surface area contributed by atoms with Gasteiger partial charge < -0.3 is 15.2 Å². The van der Waals surface area contributed by atoms with Crippen LogP contribution < -0.4 is 5.32 Å². The molecule has 0 aromatic heterocycles. The predicted molar refractivity (Wildman–Crippen MR) is 105 cm³/mol. The maximum atomic E-state index is 12.6. The van der Waals surface area contributed by atoms with Gasteiger partial charge in [-0.15, -0.1) is 0 Å². The molecule has 1 aromatic rings. The van der Waals surface area contributed by atoms with Crippen LogP contribution in [0, 0.1) is 17.3 Å². The second-order valence-corrected chi connectivity index (χ2v) is 8.40. The predicted octanol–water partition coefficient (Wildman–Crippen LogP) is 2.72. The summed E-state index contributed by atoms with van der Waals surface area (Å²) in [5, 5.41) is 13.6. The first-order chi connectivity index (χ1) is 13.4. The van der Waals surface area contributed by atoms with Crippen molar-refractivity contribution in [3.8, 4) is 0 Å². The summed E-state index contributed by atoms with van der Waals surface area (Å²) in [6.07, 6.45) is 4.49. The molecule has 0 bridgehead atoms. The van der Waals surface area contributed by atoms with Gasteiger partial charge in [-0.3, -0.25) is 9.59 Å². The van der Waals surface area contributed by atoms with Crippen LogP contribution in [0.4, 0.5) is 0 Å². The summed E-state index contributed by atoms with van der Waals surface area (Å²) in [6.45, 7) is 4.82. The first-order valence-electron chi connectivity index (χ1n) is 10.00. The zero-order valence-electron chi connectivity index (χ0n) is 16.4. The highest BCUT2D eigenvalue weighted by Gasteiger charge is 2.53. The van der Waals surface area contributed by atoms with Crippen molar-refractivity contribution in [3.05, 3.63) is 59.2 Å². The number of ether oxygens (including phenoxy) is 1. The SMILES string of the molecule is CC1=C2[C@H]3OC(=O)C(CNCC(O)c4ccccc4)[C@@H]3CC[C@@]2(C)C=CC1=O. The molecule has 4 rings (SSSR count). The number of allylic oxidation sites excluding steroid dienone is 3. The Hall–Kier alpha value is -2.24.